The van der Waals surface area contributed by atoms with Gasteiger partial charge in [0.05, 0.1) is 12.1 Å². The van der Waals surface area contributed by atoms with Crippen LogP contribution in [0.2, 0.25) is 0 Å². The van der Waals surface area contributed by atoms with E-state index in [-0.39, 0.29) is 17.2 Å². The fraction of sp³-hybridized carbons (Fsp3) is 0.0909. The van der Waals surface area contributed by atoms with Crippen LogP contribution in [0.25, 0.3) is 10.8 Å². The van der Waals surface area contributed by atoms with Gasteiger partial charge in [-0.05, 0) is 40.1 Å². The summed E-state index contributed by atoms with van der Waals surface area (Å²) >= 11 is 0. The van der Waals surface area contributed by atoms with E-state index < -0.39 is 0 Å². The topological polar surface area (TPSA) is 67.2 Å². The van der Waals surface area contributed by atoms with Crippen molar-refractivity contribution < 1.29 is 9.90 Å². The lowest BCUT2D eigenvalue weighted by molar-refractivity contribution is 0.0948. The predicted molar refractivity (Wildman–Crippen MR) is 105 cm³/mol. The number of aromatic nitrogens is 2. The molecule has 0 aliphatic heterocycles. The molecule has 3 aromatic carbocycles. The molecule has 134 valence electrons. The minimum Gasteiger partial charge on any atom is -0.507 e. The number of phenols is 1. The zero-order valence-corrected chi connectivity index (χ0v) is 14.7. The average molecular weight is 357 g/mol. The Bertz CT molecular complexity index is 1090. The number of amides is 1. The first-order chi connectivity index (χ1) is 13.2. The van der Waals surface area contributed by atoms with Crippen LogP contribution in [0.1, 0.15) is 21.5 Å². The van der Waals surface area contributed by atoms with Crippen LogP contribution in [-0.4, -0.2) is 20.8 Å². The lowest BCUT2D eigenvalue weighted by atomic mass is 10.0. The van der Waals surface area contributed by atoms with E-state index in [0.717, 1.165) is 21.9 Å². The molecule has 1 amide bonds. The molecule has 0 bridgehead atoms. The highest BCUT2D eigenvalue weighted by Crippen LogP contribution is 2.25. The Balaban J connectivity index is 1.52. The van der Waals surface area contributed by atoms with E-state index >= 15 is 0 Å². The van der Waals surface area contributed by atoms with Crippen LogP contribution in [0.4, 0.5) is 0 Å². The molecule has 0 saturated carbocycles. The minimum atomic E-state index is -0.299. The van der Waals surface area contributed by atoms with Crippen LogP contribution >= 0.6 is 0 Å². The molecule has 2 N–H and O–H groups in total. The first kappa shape index (κ1) is 16.8. The molecule has 4 aromatic rings. The van der Waals surface area contributed by atoms with Gasteiger partial charge in [-0.1, -0.05) is 48.5 Å². The lowest BCUT2D eigenvalue weighted by Crippen LogP contribution is -2.23. The van der Waals surface area contributed by atoms with Crippen LogP contribution < -0.4 is 5.32 Å². The van der Waals surface area contributed by atoms with Crippen LogP contribution in [-0.2, 0) is 13.1 Å². The van der Waals surface area contributed by atoms with Crippen molar-refractivity contribution in [3.05, 3.63) is 95.8 Å². The van der Waals surface area contributed by atoms with Crippen molar-refractivity contribution in [2.45, 2.75) is 13.1 Å². The second kappa shape index (κ2) is 7.33. The van der Waals surface area contributed by atoms with E-state index in [4.69, 9.17) is 0 Å². The van der Waals surface area contributed by atoms with Crippen molar-refractivity contribution in [3.8, 4) is 5.75 Å². The number of fused-ring (bicyclic) bond motifs is 1. The largest absolute Gasteiger partial charge is 0.507 e. The van der Waals surface area contributed by atoms with E-state index in [9.17, 15) is 9.90 Å². The highest BCUT2D eigenvalue weighted by atomic mass is 16.3. The fourth-order valence-electron chi connectivity index (χ4n) is 3.13. The molecule has 0 atom stereocenters. The van der Waals surface area contributed by atoms with Gasteiger partial charge in [0.25, 0.3) is 5.91 Å². The van der Waals surface area contributed by atoms with Crippen molar-refractivity contribution in [3.63, 3.8) is 0 Å². The summed E-state index contributed by atoms with van der Waals surface area (Å²) in [6.45, 7) is 1.02. The van der Waals surface area contributed by atoms with Crippen LogP contribution in [0.15, 0.2) is 79.1 Å². The molecule has 27 heavy (non-hydrogen) atoms. The summed E-state index contributed by atoms with van der Waals surface area (Å²) < 4.78 is 1.84. The molecule has 0 radical (unpaired) electrons. The van der Waals surface area contributed by atoms with Crippen LogP contribution in [0, 0.1) is 0 Å². The van der Waals surface area contributed by atoms with Crippen molar-refractivity contribution in [1.29, 1.82) is 0 Å². The number of hydrogen-bond donors (Lipinski definition) is 2. The van der Waals surface area contributed by atoms with E-state index in [1.54, 1.807) is 18.3 Å². The molecule has 0 aliphatic carbocycles. The maximum absolute atomic E-state index is 12.6. The monoisotopic (exact) mass is 357 g/mol. The smallest absolute Gasteiger partial charge is 0.255 e. The van der Waals surface area contributed by atoms with Gasteiger partial charge in [-0.3, -0.25) is 9.48 Å². The zero-order chi connectivity index (χ0) is 18.6. The SMILES string of the molecule is O=C(NCc1ccccc1Cn1cccn1)c1cc2ccccc2cc1O. The predicted octanol–water partition coefficient (Wildman–Crippen LogP) is 3.72. The number of aromatic hydroxyl groups is 1. The Hall–Kier alpha value is -3.60. The van der Waals surface area contributed by atoms with Crippen molar-refractivity contribution >= 4 is 16.7 Å². The van der Waals surface area contributed by atoms with Gasteiger partial charge in [-0.25, -0.2) is 0 Å². The summed E-state index contributed by atoms with van der Waals surface area (Å²) in [7, 11) is 0. The van der Waals surface area contributed by atoms with Gasteiger partial charge in [-0.2, -0.15) is 5.10 Å². The Labute approximate surface area is 156 Å². The molecule has 5 heteroatoms. The van der Waals surface area contributed by atoms with E-state index in [1.807, 2.05) is 65.5 Å². The average Bonchev–Trinajstić information content (AvgIpc) is 3.19. The number of nitrogens with zero attached hydrogens (tertiary/aromatic N) is 2. The normalized spacial score (nSPS) is 10.8. The number of carbonyl (C=O) groups is 1. The summed E-state index contributed by atoms with van der Waals surface area (Å²) in [6, 6.07) is 20.8. The maximum Gasteiger partial charge on any atom is 0.255 e. The van der Waals surface area contributed by atoms with Crippen molar-refractivity contribution in [2.75, 3.05) is 0 Å². The van der Waals surface area contributed by atoms with E-state index in [0.29, 0.717) is 13.1 Å². The highest BCUT2D eigenvalue weighted by Gasteiger charge is 2.13. The fourth-order valence-corrected chi connectivity index (χ4v) is 3.13. The third-order valence-corrected chi connectivity index (χ3v) is 4.56. The Kier molecular flexibility index (Phi) is 4.58. The molecule has 0 spiro atoms. The minimum absolute atomic E-state index is 0.0176. The number of carbonyl (C=O) groups excluding carboxylic acids is 1. The Morgan fingerprint density at radius 2 is 1.67 bits per heavy atom. The third-order valence-electron chi connectivity index (χ3n) is 4.56. The second-order valence-electron chi connectivity index (χ2n) is 6.37. The zero-order valence-electron chi connectivity index (χ0n) is 14.7. The molecule has 1 heterocycles. The number of nitrogens with one attached hydrogen (secondary N) is 1. The molecule has 0 saturated heterocycles. The van der Waals surface area contributed by atoms with Gasteiger partial charge in [0.15, 0.2) is 0 Å². The number of hydrogen-bond acceptors (Lipinski definition) is 3. The molecular weight excluding hydrogens is 338 g/mol. The van der Waals surface area contributed by atoms with Crippen LogP contribution in [0.5, 0.6) is 5.75 Å². The number of benzene rings is 3. The van der Waals surface area contributed by atoms with E-state index in [1.165, 1.54) is 0 Å². The highest BCUT2D eigenvalue weighted by molar-refractivity contribution is 6.01. The molecule has 1 aromatic heterocycles. The quantitative estimate of drug-likeness (QED) is 0.572. The first-order valence-electron chi connectivity index (χ1n) is 8.75. The van der Waals surface area contributed by atoms with Gasteiger partial charge in [0, 0.05) is 18.9 Å². The second-order valence-corrected chi connectivity index (χ2v) is 6.37. The van der Waals surface area contributed by atoms with Crippen molar-refractivity contribution in [1.82, 2.24) is 15.1 Å². The molecular formula is C22H19N3O2. The molecule has 4 rings (SSSR count). The molecule has 0 fully saturated rings. The number of rotatable bonds is 5. The summed E-state index contributed by atoms with van der Waals surface area (Å²) in [6.07, 6.45) is 3.65. The standard InChI is InChI=1S/C22H19N3O2/c26-21-13-17-7-2-1-6-16(17)12-20(21)22(27)23-14-18-8-3-4-9-19(18)15-25-11-5-10-24-25/h1-13,26H,14-15H2,(H,23,27). The molecule has 0 unspecified atom stereocenters. The van der Waals surface area contributed by atoms with Crippen molar-refractivity contribution in [2.24, 2.45) is 0 Å². The van der Waals surface area contributed by atoms with Gasteiger partial charge >= 0.3 is 0 Å². The van der Waals surface area contributed by atoms with Crippen LogP contribution in [0.3, 0.4) is 0 Å². The Morgan fingerprint density at radius 1 is 0.963 bits per heavy atom. The summed E-state index contributed by atoms with van der Waals surface area (Å²) in [4.78, 5) is 12.6. The maximum atomic E-state index is 12.6. The lowest BCUT2D eigenvalue weighted by Gasteiger charge is -2.12. The summed E-state index contributed by atoms with van der Waals surface area (Å²) in [5, 5.41) is 19.2. The first-order valence-corrected chi connectivity index (χ1v) is 8.75. The van der Waals surface area contributed by atoms with Gasteiger partial charge in [-0.15, -0.1) is 0 Å². The third kappa shape index (κ3) is 3.67. The van der Waals surface area contributed by atoms with Gasteiger partial charge in [0.2, 0.25) is 0 Å². The van der Waals surface area contributed by atoms with Gasteiger partial charge in [0.1, 0.15) is 5.75 Å². The molecule has 5 nitrogen and oxygen atoms in total. The summed E-state index contributed by atoms with van der Waals surface area (Å²) in [5.41, 5.74) is 2.38. The molecule has 0 aliphatic rings. The van der Waals surface area contributed by atoms with E-state index in [2.05, 4.69) is 10.4 Å². The van der Waals surface area contributed by atoms with Gasteiger partial charge < -0.3 is 10.4 Å². The number of phenolic OH excluding ortho intramolecular Hbond substituents is 1. The summed E-state index contributed by atoms with van der Waals surface area (Å²) in [5.74, 6) is -0.317. The Morgan fingerprint density at radius 3 is 2.41 bits per heavy atom.